The van der Waals surface area contributed by atoms with Crippen LogP contribution < -0.4 is 5.32 Å². The minimum atomic E-state index is -0.0536. The van der Waals surface area contributed by atoms with Crippen molar-refractivity contribution >= 4 is 39.9 Å². The number of nitrogens with one attached hydrogen (secondary N) is 2. The lowest BCUT2D eigenvalue weighted by Crippen LogP contribution is -2.27. The van der Waals surface area contributed by atoms with Gasteiger partial charge in [-0.15, -0.1) is 11.3 Å². The van der Waals surface area contributed by atoms with E-state index in [1.807, 2.05) is 53.9 Å². The molecule has 0 aliphatic rings. The number of para-hydroxylation sites is 2. The van der Waals surface area contributed by atoms with Gasteiger partial charge in [-0.2, -0.15) is 0 Å². The maximum atomic E-state index is 12.2. The number of benzene rings is 2. The van der Waals surface area contributed by atoms with Crippen molar-refractivity contribution in [2.45, 2.75) is 12.8 Å². The number of hydrogen-bond donors (Lipinski definition) is 2. The van der Waals surface area contributed by atoms with Crippen LogP contribution in [0.15, 0.2) is 53.9 Å². The van der Waals surface area contributed by atoms with E-state index in [0.29, 0.717) is 18.0 Å². The van der Waals surface area contributed by atoms with Gasteiger partial charge in [0.05, 0.1) is 28.2 Å². The molecule has 2 aromatic heterocycles. The molecule has 0 aliphatic carbocycles. The van der Waals surface area contributed by atoms with Crippen LogP contribution in [0, 0.1) is 0 Å². The lowest BCUT2D eigenvalue weighted by atomic mass is 10.2. The van der Waals surface area contributed by atoms with E-state index in [1.54, 1.807) is 0 Å². The van der Waals surface area contributed by atoms with E-state index < -0.39 is 0 Å². The van der Waals surface area contributed by atoms with Gasteiger partial charge in [0.15, 0.2) is 0 Å². The minimum absolute atomic E-state index is 0.0536. The number of rotatable bonds is 6. The smallest absolute Gasteiger partial charge is 0.226 e. The number of nitrogens with zero attached hydrogens (tertiary/aromatic N) is 2. The van der Waals surface area contributed by atoms with Gasteiger partial charge in [0.25, 0.3) is 0 Å². The molecule has 4 aromatic rings. The van der Waals surface area contributed by atoms with Gasteiger partial charge in [0, 0.05) is 23.9 Å². The van der Waals surface area contributed by atoms with Crippen LogP contribution in [-0.2, 0) is 17.6 Å². The van der Waals surface area contributed by atoms with Crippen molar-refractivity contribution in [1.82, 2.24) is 20.3 Å². The fourth-order valence-electron chi connectivity index (χ4n) is 2.82. The zero-order chi connectivity index (χ0) is 18.6. The number of fused-ring (bicyclic) bond motifs is 1. The fourth-order valence-corrected chi connectivity index (χ4v) is 3.96. The first kappa shape index (κ1) is 17.7. The number of H-pyrrole nitrogens is 1. The quantitative estimate of drug-likeness (QED) is 0.512. The van der Waals surface area contributed by atoms with Crippen LogP contribution in [0.25, 0.3) is 21.6 Å². The van der Waals surface area contributed by atoms with Crippen LogP contribution in [0.4, 0.5) is 0 Å². The molecule has 0 unspecified atom stereocenters. The number of hydrogen-bond acceptors (Lipinski definition) is 4. The van der Waals surface area contributed by atoms with Crippen LogP contribution in [0.5, 0.6) is 0 Å². The van der Waals surface area contributed by atoms with Crippen LogP contribution in [0.2, 0.25) is 5.02 Å². The Morgan fingerprint density at radius 3 is 2.78 bits per heavy atom. The Labute approximate surface area is 165 Å². The maximum Gasteiger partial charge on any atom is 0.226 e. The number of carbonyl (C=O) groups excluding carboxylic acids is 1. The third-order valence-corrected chi connectivity index (χ3v) is 5.37. The highest BCUT2D eigenvalue weighted by Gasteiger charge is 2.11. The molecule has 2 aromatic carbocycles. The van der Waals surface area contributed by atoms with Gasteiger partial charge in [-0.1, -0.05) is 41.9 Å². The third kappa shape index (κ3) is 4.18. The summed E-state index contributed by atoms with van der Waals surface area (Å²) in [5, 5.41) is 6.31. The Bertz CT molecular complexity index is 1060. The SMILES string of the molecule is O=C(Cc1csc(-c2ccccc2Cl)n1)NCCc1nc2ccccc2[nH]1. The Balaban J connectivity index is 1.31. The highest BCUT2D eigenvalue weighted by molar-refractivity contribution is 7.13. The molecular formula is C20H17ClN4OS. The third-order valence-electron chi connectivity index (χ3n) is 4.12. The van der Waals surface area contributed by atoms with Gasteiger partial charge in [-0.25, -0.2) is 9.97 Å². The predicted octanol–water partition coefficient (Wildman–Crippen LogP) is 4.24. The molecule has 0 atom stereocenters. The normalized spacial score (nSPS) is 11.0. The molecule has 7 heteroatoms. The van der Waals surface area contributed by atoms with E-state index in [2.05, 4.69) is 20.3 Å². The average Bonchev–Trinajstić information content (AvgIpc) is 3.28. The lowest BCUT2D eigenvalue weighted by molar-refractivity contribution is -0.120. The summed E-state index contributed by atoms with van der Waals surface area (Å²) >= 11 is 7.70. The van der Waals surface area contributed by atoms with E-state index in [0.717, 1.165) is 33.1 Å². The predicted molar refractivity (Wildman–Crippen MR) is 109 cm³/mol. The number of carbonyl (C=O) groups is 1. The number of halogens is 1. The Kier molecular flexibility index (Phi) is 5.18. The summed E-state index contributed by atoms with van der Waals surface area (Å²) in [6, 6.07) is 15.5. The minimum Gasteiger partial charge on any atom is -0.355 e. The van der Waals surface area contributed by atoms with E-state index >= 15 is 0 Å². The molecule has 27 heavy (non-hydrogen) atoms. The number of aromatic nitrogens is 3. The fraction of sp³-hybridized carbons (Fsp3) is 0.150. The van der Waals surface area contributed by atoms with Crippen molar-refractivity contribution in [3.05, 3.63) is 70.5 Å². The molecule has 0 spiro atoms. The second kappa shape index (κ2) is 7.90. The monoisotopic (exact) mass is 396 g/mol. The number of thiazole rings is 1. The van der Waals surface area contributed by atoms with Gasteiger partial charge in [0.2, 0.25) is 5.91 Å². The first-order valence-corrected chi connectivity index (χ1v) is 9.84. The molecule has 0 bridgehead atoms. The first-order valence-electron chi connectivity index (χ1n) is 8.58. The molecule has 0 saturated carbocycles. The Hall–Kier alpha value is -2.70. The van der Waals surface area contributed by atoms with Crippen LogP contribution in [0.3, 0.4) is 0 Å². The standard InChI is InChI=1S/C20H17ClN4OS/c21-15-6-2-1-5-14(15)20-23-13(12-27-20)11-19(26)22-10-9-18-24-16-7-3-4-8-17(16)25-18/h1-8,12H,9-11H2,(H,22,26)(H,24,25). The molecule has 4 rings (SSSR count). The van der Waals surface area contributed by atoms with Crippen molar-refractivity contribution in [2.24, 2.45) is 0 Å². The van der Waals surface area contributed by atoms with E-state index in [9.17, 15) is 4.79 Å². The molecule has 136 valence electrons. The molecule has 0 radical (unpaired) electrons. The summed E-state index contributed by atoms with van der Waals surface area (Å²) < 4.78 is 0. The molecule has 0 fully saturated rings. The van der Waals surface area contributed by atoms with Crippen LogP contribution in [-0.4, -0.2) is 27.4 Å². The average molecular weight is 397 g/mol. The summed E-state index contributed by atoms with van der Waals surface area (Å²) in [7, 11) is 0. The molecule has 2 N–H and O–H groups in total. The van der Waals surface area contributed by atoms with Crippen molar-refractivity contribution in [1.29, 1.82) is 0 Å². The van der Waals surface area contributed by atoms with Gasteiger partial charge in [-0.05, 0) is 18.2 Å². The Morgan fingerprint density at radius 2 is 1.93 bits per heavy atom. The van der Waals surface area contributed by atoms with Gasteiger partial charge >= 0.3 is 0 Å². The van der Waals surface area contributed by atoms with Gasteiger partial charge in [0.1, 0.15) is 10.8 Å². The van der Waals surface area contributed by atoms with E-state index in [4.69, 9.17) is 11.6 Å². The highest BCUT2D eigenvalue weighted by atomic mass is 35.5. The summed E-state index contributed by atoms with van der Waals surface area (Å²) in [5.41, 5.74) is 3.58. The summed E-state index contributed by atoms with van der Waals surface area (Å²) in [5.74, 6) is 0.813. The summed E-state index contributed by atoms with van der Waals surface area (Å²) in [6.07, 6.45) is 0.906. The largest absolute Gasteiger partial charge is 0.355 e. The molecule has 2 heterocycles. The summed E-state index contributed by atoms with van der Waals surface area (Å²) in [6.45, 7) is 0.528. The molecular weight excluding hydrogens is 380 g/mol. The topological polar surface area (TPSA) is 70.7 Å². The first-order chi connectivity index (χ1) is 13.2. The van der Waals surface area contributed by atoms with Crippen LogP contribution >= 0.6 is 22.9 Å². The number of imidazole rings is 1. The zero-order valence-electron chi connectivity index (χ0n) is 14.4. The number of aromatic amines is 1. The summed E-state index contributed by atoms with van der Waals surface area (Å²) in [4.78, 5) is 24.5. The van der Waals surface area contributed by atoms with Crippen LogP contribution in [0.1, 0.15) is 11.5 Å². The molecule has 5 nitrogen and oxygen atoms in total. The lowest BCUT2D eigenvalue weighted by Gasteiger charge is -2.02. The zero-order valence-corrected chi connectivity index (χ0v) is 16.0. The second-order valence-electron chi connectivity index (χ2n) is 6.10. The van der Waals surface area contributed by atoms with Crippen molar-refractivity contribution in [2.75, 3.05) is 6.54 Å². The Morgan fingerprint density at radius 1 is 1.11 bits per heavy atom. The maximum absolute atomic E-state index is 12.2. The molecule has 0 aliphatic heterocycles. The van der Waals surface area contributed by atoms with Crippen molar-refractivity contribution < 1.29 is 4.79 Å². The van der Waals surface area contributed by atoms with E-state index in [1.165, 1.54) is 11.3 Å². The van der Waals surface area contributed by atoms with E-state index in [-0.39, 0.29) is 12.3 Å². The number of amides is 1. The highest BCUT2D eigenvalue weighted by Crippen LogP contribution is 2.30. The molecule has 0 saturated heterocycles. The van der Waals surface area contributed by atoms with Gasteiger partial charge in [-0.3, -0.25) is 4.79 Å². The second-order valence-corrected chi connectivity index (χ2v) is 7.37. The molecule has 1 amide bonds. The van der Waals surface area contributed by atoms with Crippen molar-refractivity contribution in [3.63, 3.8) is 0 Å². The van der Waals surface area contributed by atoms with Crippen molar-refractivity contribution in [3.8, 4) is 10.6 Å². The van der Waals surface area contributed by atoms with Gasteiger partial charge < -0.3 is 10.3 Å².